The molecule has 0 fully saturated rings. The average molecular weight is 192 g/mol. The molecule has 0 amide bonds. The van der Waals surface area contributed by atoms with E-state index in [0.717, 1.165) is 12.0 Å². The summed E-state index contributed by atoms with van der Waals surface area (Å²) in [6, 6.07) is 5.02. The third-order valence-corrected chi connectivity index (χ3v) is 2.06. The maximum atomic E-state index is 11.3. The zero-order chi connectivity index (χ0) is 10.6. The Balaban J connectivity index is 3.21. The first-order chi connectivity index (χ1) is 6.72. The summed E-state index contributed by atoms with van der Waals surface area (Å²) in [6.07, 6.45) is 1.45. The molecule has 0 radical (unpaired) electrons. The van der Waals surface area contributed by atoms with Crippen LogP contribution >= 0.6 is 0 Å². The van der Waals surface area contributed by atoms with E-state index >= 15 is 0 Å². The monoisotopic (exact) mass is 192 g/mol. The second-order valence-corrected chi connectivity index (χ2v) is 2.88. The van der Waals surface area contributed by atoms with Crippen LogP contribution in [0.15, 0.2) is 18.2 Å². The maximum Gasteiger partial charge on any atom is 0.338 e. The summed E-state index contributed by atoms with van der Waals surface area (Å²) in [7, 11) is 1.33. The fourth-order valence-electron chi connectivity index (χ4n) is 1.28. The molecular weight excluding hydrogens is 180 g/mol. The van der Waals surface area contributed by atoms with Gasteiger partial charge in [-0.1, -0.05) is 19.1 Å². The molecule has 0 bridgehead atoms. The molecule has 0 aromatic heterocycles. The van der Waals surface area contributed by atoms with Crippen molar-refractivity contribution in [1.82, 2.24) is 0 Å². The summed E-state index contributed by atoms with van der Waals surface area (Å²) in [4.78, 5) is 21.8. The second kappa shape index (κ2) is 4.56. The van der Waals surface area contributed by atoms with Gasteiger partial charge in [-0.25, -0.2) is 4.79 Å². The first-order valence-electron chi connectivity index (χ1n) is 4.39. The van der Waals surface area contributed by atoms with E-state index < -0.39 is 5.97 Å². The summed E-state index contributed by atoms with van der Waals surface area (Å²) in [6.45, 7) is 1.95. The van der Waals surface area contributed by atoms with Gasteiger partial charge in [0.05, 0.1) is 12.7 Å². The Morgan fingerprint density at radius 2 is 2.21 bits per heavy atom. The standard InChI is InChI=1S/C11H12O3/c1-3-9-5-4-8(7-12)6-10(9)11(13)14-2/h4-7H,3H2,1-2H3. The topological polar surface area (TPSA) is 43.4 Å². The summed E-state index contributed by atoms with van der Waals surface area (Å²) >= 11 is 0. The number of hydrogen-bond acceptors (Lipinski definition) is 3. The van der Waals surface area contributed by atoms with Gasteiger partial charge in [0.1, 0.15) is 6.29 Å². The van der Waals surface area contributed by atoms with Gasteiger partial charge in [0.25, 0.3) is 0 Å². The maximum absolute atomic E-state index is 11.3. The minimum Gasteiger partial charge on any atom is -0.465 e. The van der Waals surface area contributed by atoms with Crippen molar-refractivity contribution in [3.05, 3.63) is 34.9 Å². The lowest BCUT2D eigenvalue weighted by molar-refractivity contribution is 0.0599. The number of aryl methyl sites for hydroxylation is 1. The van der Waals surface area contributed by atoms with Crippen molar-refractivity contribution < 1.29 is 14.3 Å². The first-order valence-corrected chi connectivity index (χ1v) is 4.39. The molecule has 14 heavy (non-hydrogen) atoms. The molecule has 0 N–H and O–H groups in total. The zero-order valence-corrected chi connectivity index (χ0v) is 8.24. The number of carbonyl (C=O) groups excluding carboxylic acids is 2. The van der Waals surface area contributed by atoms with Gasteiger partial charge in [-0.2, -0.15) is 0 Å². The third-order valence-electron chi connectivity index (χ3n) is 2.06. The summed E-state index contributed by atoms with van der Waals surface area (Å²) < 4.78 is 4.62. The molecule has 0 atom stereocenters. The lowest BCUT2D eigenvalue weighted by Crippen LogP contribution is -2.06. The predicted molar refractivity (Wildman–Crippen MR) is 52.5 cm³/mol. The van der Waals surface area contributed by atoms with Gasteiger partial charge in [-0.05, 0) is 18.1 Å². The molecule has 1 aromatic rings. The Labute approximate surface area is 82.7 Å². The van der Waals surface area contributed by atoms with Crippen LogP contribution in [0, 0.1) is 0 Å². The highest BCUT2D eigenvalue weighted by atomic mass is 16.5. The molecule has 0 aliphatic carbocycles. The van der Waals surface area contributed by atoms with Crippen LogP contribution in [0.3, 0.4) is 0 Å². The SMILES string of the molecule is CCc1ccc(C=O)cc1C(=O)OC. The number of methoxy groups -OCH3 is 1. The molecule has 0 saturated heterocycles. The molecule has 1 rings (SSSR count). The Morgan fingerprint density at radius 3 is 2.71 bits per heavy atom. The highest BCUT2D eigenvalue weighted by molar-refractivity contribution is 5.93. The van der Waals surface area contributed by atoms with E-state index in [1.54, 1.807) is 18.2 Å². The summed E-state index contributed by atoms with van der Waals surface area (Å²) in [5.74, 6) is -0.398. The molecule has 0 spiro atoms. The number of benzene rings is 1. The lowest BCUT2D eigenvalue weighted by atomic mass is 10.0. The summed E-state index contributed by atoms with van der Waals surface area (Å²) in [5, 5.41) is 0. The summed E-state index contributed by atoms with van der Waals surface area (Å²) in [5.41, 5.74) is 1.85. The van der Waals surface area contributed by atoms with E-state index in [2.05, 4.69) is 4.74 Å². The first kappa shape index (κ1) is 10.4. The van der Waals surface area contributed by atoms with Gasteiger partial charge in [0.2, 0.25) is 0 Å². The fourth-order valence-corrected chi connectivity index (χ4v) is 1.28. The van der Waals surface area contributed by atoms with Gasteiger partial charge in [-0.3, -0.25) is 4.79 Å². The van der Waals surface area contributed by atoms with E-state index in [0.29, 0.717) is 17.4 Å². The van der Waals surface area contributed by atoms with E-state index in [1.807, 2.05) is 6.92 Å². The van der Waals surface area contributed by atoms with Crippen LogP contribution in [0.25, 0.3) is 0 Å². The Bertz CT molecular complexity index is 356. The van der Waals surface area contributed by atoms with Gasteiger partial charge < -0.3 is 4.74 Å². The molecule has 3 heteroatoms. The number of hydrogen-bond donors (Lipinski definition) is 0. The van der Waals surface area contributed by atoms with E-state index in [9.17, 15) is 9.59 Å². The van der Waals surface area contributed by atoms with Crippen molar-refractivity contribution in [3.63, 3.8) is 0 Å². The lowest BCUT2D eigenvalue weighted by Gasteiger charge is -2.05. The normalized spacial score (nSPS) is 9.57. The molecule has 1 aromatic carbocycles. The molecule has 74 valence electrons. The van der Waals surface area contributed by atoms with Crippen LogP contribution in [0.4, 0.5) is 0 Å². The van der Waals surface area contributed by atoms with Crippen LogP contribution in [-0.4, -0.2) is 19.4 Å². The van der Waals surface area contributed by atoms with Crippen LogP contribution in [0.2, 0.25) is 0 Å². The Morgan fingerprint density at radius 1 is 1.50 bits per heavy atom. The van der Waals surface area contributed by atoms with Gasteiger partial charge in [0, 0.05) is 5.56 Å². The van der Waals surface area contributed by atoms with Crippen molar-refractivity contribution in [1.29, 1.82) is 0 Å². The van der Waals surface area contributed by atoms with Crippen molar-refractivity contribution in [2.45, 2.75) is 13.3 Å². The van der Waals surface area contributed by atoms with Crippen LogP contribution < -0.4 is 0 Å². The highest BCUT2D eigenvalue weighted by Crippen LogP contribution is 2.13. The number of ether oxygens (including phenoxy) is 1. The van der Waals surface area contributed by atoms with Crippen LogP contribution in [-0.2, 0) is 11.2 Å². The highest BCUT2D eigenvalue weighted by Gasteiger charge is 2.10. The van der Waals surface area contributed by atoms with Crippen LogP contribution in [0.5, 0.6) is 0 Å². The molecule has 0 saturated carbocycles. The number of aldehydes is 1. The molecule has 0 aliphatic rings. The van der Waals surface area contributed by atoms with Gasteiger partial charge >= 0.3 is 5.97 Å². The van der Waals surface area contributed by atoms with E-state index in [4.69, 9.17) is 0 Å². The minimum atomic E-state index is -0.398. The predicted octanol–water partition coefficient (Wildman–Crippen LogP) is 1.85. The smallest absolute Gasteiger partial charge is 0.338 e. The van der Waals surface area contributed by atoms with E-state index in [1.165, 1.54) is 7.11 Å². The number of esters is 1. The fraction of sp³-hybridized carbons (Fsp3) is 0.273. The van der Waals surface area contributed by atoms with E-state index in [-0.39, 0.29) is 0 Å². The quantitative estimate of drug-likeness (QED) is 0.542. The molecule has 0 aliphatic heterocycles. The van der Waals surface area contributed by atoms with Crippen molar-refractivity contribution in [2.24, 2.45) is 0 Å². The Hall–Kier alpha value is -1.64. The third kappa shape index (κ3) is 1.99. The van der Waals surface area contributed by atoms with Crippen LogP contribution in [0.1, 0.15) is 33.2 Å². The molecule has 0 heterocycles. The van der Waals surface area contributed by atoms with Crippen molar-refractivity contribution in [2.75, 3.05) is 7.11 Å². The molecular formula is C11H12O3. The molecule has 0 unspecified atom stereocenters. The Kier molecular flexibility index (Phi) is 3.40. The second-order valence-electron chi connectivity index (χ2n) is 2.88. The zero-order valence-electron chi connectivity index (χ0n) is 8.24. The average Bonchev–Trinajstić information content (AvgIpc) is 2.27. The number of rotatable bonds is 3. The minimum absolute atomic E-state index is 0.398. The molecule has 3 nitrogen and oxygen atoms in total. The largest absolute Gasteiger partial charge is 0.465 e. The van der Waals surface area contributed by atoms with Crippen molar-refractivity contribution in [3.8, 4) is 0 Å². The van der Waals surface area contributed by atoms with Gasteiger partial charge in [0.15, 0.2) is 0 Å². The van der Waals surface area contributed by atoms with Crippen molar-refractivity contribution >= 4 is 12.3 Å². The number of carbonyl (C=O) groups is 2. The van der Waals surface area contributed by atoms with Gasteiger partial charge in [-0.15, -0.1) is 0 Å².